The number of ether oxygens (including phenoxy) is 2. The number of rotatable bonds is 9. The zero-order valence-electron chi connectivity index (χ0n) is 16.5. The summed E-state index contributed by atoms with van der Waals surface area (Å²) in [6.07, 6.45) is 0.464. The summed E-state index contributed by atoms with van der Waals surface area (Å²) in [5, 5.41) is 13.9. The molecule has 0 unspecified atom stereocenters. The number of nitro benzene ring substituents is 1. The third-order valence-electron chi connectivity index (χ3n) is 4.50. The second kappa shape index (κ2) is 10.1. The Morgan fingerprint density at radius 3 is 2.40 bits per heavy atom. The van der Waals surface area contributed by atoms with E-state index < -0.39 is 4.92 Å². The van der Waals surface area contributed by atoms with E-state index in [2.05, 4.69) is 5.32 Å². The fourth-order valence-electron chi connectivity index (χ4n) is 2.91. The lowest BCUT2D eigenvalue weighted by atomic mass is 10.0. The molecule has 1 N–H and O–H groups in total. The van der Waals surface area contributed by atoms with Gasteiger partial charge in [-0.2, -0.15) is 0 Å². The van der Waals surface area contributed by atoms with Crippen LogP contribution in [0.2, 0.25) is 0 Å². The number of non-ortho nitro benzene ring substituents is 1. The molecular weight excluding hydrogens is 384 g/mol. The number of amides is 1. The highest BCUT2D eigenvalue weighted by Crippen LogP contribution is 2.26. The highest BCUT2D eigenvalue weighted by molar-refractivity contribution is 5.77. The van der Waals surface area contributed by atoms with Crippen molar-refractivity contribution in [2.24, 2.45) is 0 Å². The molecule has 0 atom stereocenters. The highest BCUT2D eigenvalue weighted by Gasteiger charge is 2.14. The molecule has 0 aromatic heterocycles. The first kappa shape index (κ1) is 20.9. The van der Waals surface area contributed by atoms with Gasteiger partial charge in [-0.15, -0.1) is 0 Å². The first-order valence-electron chi connectivity index (χ1n) is 9.39. The monoisotopic (exact) mass is 406 g/mol. The van der Waals surface area contributed by atoms with E-state index in [0.717, 1.165) is 16.9 Å². The number of nitrogens with zero attached hydrogens (tertiary/aromatic N) is 1. The molecule has 154 valence electrons. The third-order valence-corrected chi connectivity index (χ3v) is 4.50. The first-order chi connectivity index (χ1) is 14.5. The van der Waals surface area contributed by atoms with Crippen molar-refractivity contribution in [3.63, 3.8) is 0 Å². The van der Waals surface area contributed by atoms with Crippen LogP contribution in [-0.4, -0.2) is 24.5 Å². The molecule has 3 rings (SSSR count). The molecule has 7 heteroatoms. The summed E-state index contributed by atoms with van der Waals surface area (Å²) in [6, 6.07) is 21.4. The summed E-state index contributed by atoms with van der Waals surface area (Å²) in [5.41, 5.74) is 2.56. The van der Waals surface area contributed by atoms with Gasteiger partial charge in [-0.3, -0.25) is 14.9 Å². The molecule has 0 saturated carbocycles. The van der Waals surface area contributed by atoms with E-state index in [1.807, 2.05) is 54.6 Å². The minimum Gasteiger partial charge on any atom is -0.497 e. The number of carbonyl (C=O) groups excluding carboxylic acids is 1. The van der Waals surface area contributed by atoms with Crippen LogP contribution in [0, 0.1) is 10.1 Å². The number of nitrogens with one attached hydrogen (secondary N) is 1. The van der Waals surface area contributed by atoms with E-state index >= 15 is 0 Å². The number of nitro groups is 1. The van der Waals surface area contributed by atoms with Gasteiger partial charge in [-0.25, -0.2) is 0 Å². The van der Waals surface area contributed by atoms with Crippen molar-refractivity contribution in [1.82, 2.24) is 5.32 Å². The predicted octanol–water partition coefficient (Wildman–Crippen LogP) is 3.89. The van der Waals surface area contributed by atoms with E-state index in [4.69, 9.17) is 9.47 Å². The molecule has 7 nitrogen and oxygen atoms in total. The molecule has 0 aliphatic rings. The normalized spacial score (nSPS) is 10.3. The van der Waals surface area contributed by atoms with Crippen LogP contribution in [0.5, 0.6) is 11.5 Å². The zero-order valence-corrected chi connectivity index (χ0v) is 16.5. The van der Waals surface area contributed by atoms with Crippen molar-refractivity contribution in [2.45, 2.75) is 13.0 Å². The van der Waals surface area contributed by atoms with E-state index in [-0.39, 0.29) is 18.2 Å². The zero-order chi connectivity index (χ0) is 21.3. The molecule has 0 saturated heterocycles. The molecule has 0 aliphatic heterocycles. The number of benzene rings is 3. The molecule has 0 radical (unpaired) electrons. The Morgan fingerprint density at radius 2 is 1.73 bits per heavy atom. The van der Waals surface area contributed by atoms with Crippen LogP contribution in [0.25, 0.3) is 0 Å². The van der Waals surface area contributed by atoms with Crippen molar-refractivity contribution in [1.29, 1.82) is 0 Å². The van der Waals surface area contributed by atoms with Gasteiger partial charge in [0.05, 0.1) is 12.0 Å². The maximum Gasteiger partial charge on any atom is 0.269 e. The molecule has 0 spiro atoms. The standard InChI is InChI=1S/C23H22N2O5/c1-29-21-10-7-18(8-11-21)15-24-23(26)16-30-22-12-9-20(25(27)28)14-19(22)13-17-5-3-2-4-6-17/h2-12,14H,13,15-16H2,1H3,(H,24,26). The van der Waals surface area contributed by atoms with Gasteiger partial charge < -0.3 is 14.8 Å². The predicted molar refractivity (Wildman–Crippen MR) is 113 cm³/mol. The average molecular weight is 406 g/mol. The quantitative estimate of drug-likeness (QED) is 0.430. The minimum absolute atomic E-state index is 0.0164. The topological polar surface area (TPSA) is 90.7 Å². The summed E-state index contributed by atoms with van der Waals surface area (Å²) in [4.78, 5) is 22.9. The number of hydrogen-bond acceptors (Lipinski definition) is 5. The van der Waals surface area contributed by atoms with Gasteiger partial charge in [0, 0.05) is 30.7 Å². The maximum absolute atomic E-state index is 12.2. The molecule has 0 heterocycles. The number of hydrogen-bond donors (Lipinski definition) is 1. The third kappa shape index (κ3) is 5.81. The molecule has 0 bridgehead atoms. The maximum atomic E-state index is 12.2. The minimum atomic E-state index is -0.445. The summed E-state index contributed by atoms with van der Waals surface area (Å²) >= 11 is 0. The average Bonchev–Trinajstić information content (AvgIpc) is 2.77. The van der Waals surface area contributed by atoms with Gasteiger partial charge in [0.25, 0.3) is 11.6 Å². The molecular formula is C23H22N2O5. The Balaban J connectivity index is 1.62. The molecule has 3 aromatic rings. The van der Waals surface area contributed by atoms with Crippen LogP contribution in [0.15, 0.2) is 72.8 Å². The number of methoxy groups -OCH3 is 1. The molecule has 1 amide bonds. The van der Waals surface area contributed by atoms with Crippen molar-refractivity contribution < 1.29 is 19.2 Å². The lowest BCUT2D eigenvalue weighted by molar-refractivity contribution is -0.384. The van der Waals surface area contributed by atoms with Gasteiger partial charge in [0.1, 0.15) is 11.5 Å². The van der Waals surface area contributed by atoms with Gasteiger partial charge >= 0.3 is 0 Å². The fourth-order valence-corrected chi connectivity index (χ4v) is 2.91. The van der Waals surface area contributed by atoms with E-state index in [1.165, 1.54) is 18.2 Å². The Bertz CT molecular complexity index is 1000. The smallest absolute Gasteiger partial charge is 0.269 e. The Labute approximate surface area is 174 Å². The van der Waals surface area contributed by atoms with E-state index in [9.17, 15) is 14.9 Å². The van der Waals surface area contributed by atoms with Crippen molar-refractivity contribution in [3.8, 4) is 11.5 Å². The van der Waals surface area contributed by atoms with Crippen molar-refractivity contribution in [2.75, 3.05) is 13.7 Å². The molecule has 3 aromatic carbocycles. The molecule has 0 aliphatic carbocycles. The lowest BCUT2D eigenvalue weighted by Gasteiger charge is -2.12. The fraction of sp³-hybridized carbons (Fsp3) is 0.174. The van der Waals surface area contributed by atoms with Gasteiger partial charge in [-0.05, 0) is 29.3 Å². The summed E-state index contributed by atoms with van der Waals surface area (Å²) in [5.74, 6) is 0.913. The lowest BCUT2D eigenvalue weighted by Crippen LogP contribution is -2.28. The second-order valence-corrected chi connectivity index (χ2v) is 6.62. The van der Waals surface area contributed by atoms with Gasteiger partial charge in [0.2, 0.25) is 0 Å². The van der Waals surface area contributed by atoms with Crippen LogP contribution < -0.4 is 14.8 Å². The summed E-state index contributed by atoms with van der Waals surface area (Å²) in [7, 11) is 1.60. The largest absolute Gasteiger partial charge is 0.497 e. The Kier molecular flexibility index (Phi) is 7.00. The van der Waals surface area contributed by atoms with Crippen LogP contribution >= 0.6 is 0 Å². The van der Waals surface area contributed by atoms with Crippen LogP contribution in [0.3, 0.4) is 0 Å². The van der Waals surface area contributed by atoms with Crippen molar-refractivity contribution in [3.05, 3.63) is 99.6 Å². The highest BCUT2D eigenvalue weighted by atomic mass is 16.6. The summed E-state index contributed by atoms with van der Waals surface area (Å²) in [6.45, 7) is 0.180. The van der Waals surface area contributed by atoms with E-state index in [1.54, 1.807) is 7.11 Å². The van der Waals surface area contributed by atoms with Crippen LogP contribution in [0.4, 0.5) is 5.69 Å². The van der Waals surface area contributed by atoms with Gasteiger partial charge in [0.15, 0.2) is 6.61 Å². The first-order valence-corrected chi connectivity index (χ1v) is 9.39. The van der Waals surface area contributed by atoms with Crippen molar-refractivity contribution >= 4 is 11.6 Å². The SMILES string of the molecule is COc1ccc(CNC(=O)COc2ccc([N+](=O)[O-])cc2Cc2ccccc2)cc1. The molecule has 30 heavy (non-hydrogen) atoms. The number of carbonyl (C=O) groups is 1. The Hall–Kier alpha value is -3.87. The Morgan fingerprint density at radius 1 is 1.00 bits per heavy atom. The van der Waals surface area contributed by atoms with Crippen LogP contribution in [0.1, 0.15) is 16.7 Å². The van der Waals surface area contributed by atoms with Gasteiger partial charge in [-0.1, -0.05) is 42.5 Å². The van der Waals surface area contributed by atoms with E-state index in [0.29, 0.717) is 24.3 Å². The summed E-state index contributed by atoms with van der Waals surface area (Å²) < 4.78 is 10.8. The molecule has 0 fully saturated rings. The second-order valence-electron chi connectivity index (χ2n) is 6.62. The van der Waals surface area contributed by atoms with Crippen LogP contribution in [-0.2, 0) is 17.8 Å².